The van der Waals surface area contributed by atoms with Gasteiger partial charge in [-0.2, -0.15) is 0 Å². The summed E-state index contributed by atoms with van der Waals surface area (Å²) < 4.78 is 24.3. The van der Waals surface area contributed by atoms with Gasteiger partial charge >= 0.3 is 0 Å². The van der Waals surface area contributed by atoms with Gasteiger partial charge in [0.2, 0.25) is 5.91 Å². The SMILES string of the molecule is Cc1ccc(N)c(S(=O)(=O)CCC(=O)NC2CC2)c1. The van der Waals surface area contributed by atoms with Crippen LogP contribution >= 0.6 is 0 Å². The van der Waals surface area contributed by atoms with Crippen molar-refractivity contribution in [3.05, 3.63) is 23.8 Å². The minimum Gasteiger partial charge on any atom is -0.398 e. The molecule has 1 saturated carbocycles. The van der Waals surface area contributed by atoms with E-state index in [1.165, 1.54) is 0 Å². The van der Waals surface area contributed by atoms with E-state index >= 15 is 0 Å². The molecule has 1 aromatic carbocycles. The van der Waals surface area contributed by atoms with Crippen LogP contribution in [0.15, 0.2) is 23.1 Å². The van der Waals surface area contributed by atoms with Crippen LogP contribution in [0.5, 0.6) is 0 Å². The molecule has 0 aromatic heterocycles. The highest BCUT2D eigenvalue weighted by molar-refractivity contribution is 7.91. The van der Waals surface area contributed by atoms with Crippen molar-refractivity contribution in [3.8, 4) is 0 Å². The van der Waals surface area contributed by atoms with Crippen LogP contribution in [0.1, 0.15) is 24.8 Å². The molecule has 19 heavy (non-hydrogen) atoms. The predicted molar refractivity (Wildman–Crippen MR) is 73.4 cm³/mol. The predicted octanol–water partition coefficient (Wildman–Crippen LogP) is 1.02. The van der Waals surface area contributed by atoms with E-state index in [-0.39, 0.29) is 34.7 Å². The molecule has 1 fully saturated rings. The summed E-state index contributed by atoms with van der Waals surface area (Å²) in [5, 5.41) is 2.77. The first-order valence-corrected chi connectivity index (χ1v) is 7.92. The maximum atomic E-state index is 12.2. The lowest BCUT2D eigenvalue weighted by atomic mass is 10.2. The number of anilines is 1. The van der Waals surface area contributed by atoms with Gasteiger partial charge in [0.15, 0.2) is 9.84 Å². The molecular weight excluding hydrogens is 264 g/mol. The number of nitrogen functional groups attached to an aromatic ring is 1. The molecule has 0 unspecified atom stereocenters. The summed E-state index contributed by atoms with van der Waals surface area (Å²) >= 11 is 0. The molecule has 0 radical (unpaired) electrons. The fraction of sp³-hybridized carbons (Fsp3) is 0.462. The van der Waals surface area contributed by atoms with Crippen molar-refractivity contribution in [2.75, 3.05) is 11.5 Å². The number of nitrogens with two attached hydrogens (primary N) is 1. The van der Waals surface area contributed by atoms with Crippen LogP contribution in [-0.2, 0) is 14.6 Å². The van der Waals surface area contributed by atoms with Gasteiger partial charge in [0.1, 0.15) is 0 Å². The molecule has 0 bridgehead atoms. The van der Waals surface area contributed by atoms with Crippen LogP contribution < -0.4 is 11.1 Å². The van der Waals surface area contributed by atoms with Crippen molar-refractivity contribution in [3.63, 3.8) is 0 Å². The third-order valence-electron chi connectivity index (χ3n) is 3.04. The summed E-state index contributed by atoms with van der Waals surface area (Å²) in [6.07, 6.45) is 1.96. The summed E-state index contributed by atoms with van der Waals surface area (Å²) in [7, 11) is -3.51. The van der Waals surface area contributed by atoms with Crippen molar-refractivity contribution < 1.29 is 13.2 Å². The van der Waals surface area contributed by atoms with E-state index in [0.29, 0.717) is 0 Å². The Kier molecular flexibility index (Phi) is 3.80. The Bertz CT molecular complexity index is 592. The van der Waals surface area contributed by atoms with Crippen molar-refractivity contribution in [1.82, 2.24) is 5.32 Å². The molecule has 104 valence electrons. The van der Waals surface area contributed by atoms with E-state index in [4.69, 9.17) is 5.73 Å². The molecule has 0 atom stereocenters. The first-order valence-electron chi connectivity index (χ1n) is 6.27. The van der Waals surface area contributed by atoms with E-state index in [2.05, 4.69) is 5.32 Å². The van der Waals surface area contributed by atoms with Gasteiger partial charge in [-0.3, -0.25) is 4.79 Å². The molecular formula is C13H18N2O3S. The minimum absolute atomic E-state index is 0.0216. The third kappa shape index (κ3) is 3.70. The molecule has 6 heteroatoms. The zero-order valence-electron chi connectivity index (χ0n) is 10.8. The fourth-order valence-electron chi connectivity index (χ4n) is 1.78. The van der Waals surface area contributed by atoms with Crippen LogP contribution in [0.25, 0.3) is 0 Å². The Hall–Kier alpha value is -1.56. The van der Waals surface area contributed by atoms with Gasteiger partial charge in [0.25, 0.3) is 0 Å². The third-order valence-corrected chi connectivity index (χ3v) is 4.81. The molecule has 1 aliphatic carbocycles. The van der Waals surface area contributed by atoms with Crippen molar-refractivity contribution >= 4 is 21.4 Å². The second-order valence-corrected chi connectivity index (χ2v) is 7.03. The fourth-order valence-corrected chi connectivity index (χ4v) is 3.24. The Balaban J connectivity index is 2.04. The van der Waals surface area contributed by atoms with E-state index in [0.717, 1.165) is 18.4 Å². The number of rotatable bonds is 5. The van der Waals surface area contributed by atoms with E-state index in [9.17, 15) is 13.2 Å². The van der Waals surface area contributed by atoms with E-state index in [1.807, 2.05) is 0 Å². The van der Waals surface area contributed by atoms with Crippen LogP contribution in [0.4, 0.5) is 5.69 Å². The van der Waals surface area contributed by atoms with Crippen LogP contribution in [0, 0.1) is 6.92 Å². The van der Waals surface area contributed by atoms with E-state index in [1.54, 1.807) is 25.1 Å². The number of carbonyl (C=O) groups is 1. The Labute approximate surface area is 113 Å². The number of amides is 1. The lowest BCUT2D eigenvalue weighted by Crippen LogP contribution is -2.27. The number of carbonyl (C=O) groups excluding carboxylic acids is 1. The van der Waals surface area contributed by atoms with Gasteiger partial charge in [0.05, 0.1) is 16.3 Å². The number of aryl methyl sites for hydroxylation is 1. The van der Waals surface area contributed by atoms with Gasteiger partial charge < -0.3 is 11.1 Å². The zero-order chi connectivity index (χ0) is 14.0. The largest absolute Gasteiger partial charge is 0.398 e. The maximum absolute atomic E-state index is 12.2. The van der Waals surface area contributed by atoms with Gasteiger partial charge in [-0.1, -0.05) is 6.07 Å². The quantitative estimate of drug-likeness (QED) is 0.789. The first kappa shape index (κ1) is 13.9. The molecule has 3 N–H and O–H groups in total. The highest BCUT2D eigenvalue weighted by atomic mass is 32.2. The van der Waals surface area contributed by atoms with Crippen LogP contribution in [-0.4, -0.2) is 26.1 Å². The number of benzene rings is 1. The normalized spacial score (nSPS) is 15.2. The van der Waals surface area contributed by atoms with Crippen LogP contribution in [0.3, 0.4) is 0 Å². The summed E-state index contributed by atoms with van der Waals surface area (Å²) in [6.45, 7) is 1.80. The van der Waals surface area contributed by atoms with Gasteiger partial charge in [-0.15, -0.1) is 0 Å². The van der Waals surface area contributed by atoms with Crippen molar-refractivity contribution in [1.29, 1.82) is 0 Å². The van der Waals surface area contributed by atoms with Crippen LogP contribution in [0.2, 0.25) is 0 Å². The number of sulfone groups is 1. The smallest absolute Gasteiger partial charge is 0.221 e. The lowest BCUT2D eigenvalue weighted by molar-refractivity contribution is -0.120. The Morgan fingerprint density at radius 2 is 2.11 bits per heavy atom. The molecule has 0 saturated heterocycles. The van der Waals surface area contributed by atoms with Crippen molar-refractivity contribution in [2.45, 2.75) is 37.1 Å². The van der Waals surface area contributed by atoms with Crippen molar-refractivity contribution in [2.24, 2.45) is 0 Å². The minimum atomic E-state index is -3.51. The highest BCUT2D eigenvalue weighted by Gasteiger charge is 2.25. The molecule has 2 rings (SSSR count). The molecule has 0 spiro atoms. The summed E-state index contributed by atoms with van der Waals surface area (Å²) in [5.74, 6) is -0.420. The van der Waals surface area contributed by atoms with Gasteiger partial charge in [-0.25, -0.2) is 8.42 Å². The first-order chi connectivity index (χ1) is 8.88. The number of hydrogen-bond acceptors (Lipinski definition) is 4. The topological polar surface area (TPSA) is 89.3 Å². The Morgan fingerprint density at radius 1 is 1.42 bits per heavy atom. The number of nitrogens with one attached hydrogen (secondary N) is 1. The second-order valence-electron chi connectivity index (χ2n) is 4.95. The number of hydrogen-bond donors (Lipinski definition) is 2. The molecule has 1 aliphatic rings. The molecule has 1 amide bonds. The van der Waals surface area contributed by atoms with E-state index < -0.39 is 9.84 Å². The van der Waals surface area contributed by atoms with Gasteiger partial charge in [0, 0.05) is 12.5 Å². The molecule has 1 aromatic rings. The standard InChI is InChI=1S/C13H18N2O3S/c1-9-2-5-11(14)12(8-9)19(17,18)7-6-13(16)15-10-3-4-10/h2,5,8,10H,3-4,6-7,14H2,1H3,(H,15,16). The maximum Gasteiger partial charge on any atom is 0.221 e. The second kappa shape index (κ2) is 5.21. The average molecular weight is 282 g/mol. The summed E-state index contributed by atoms with van der Waals surface area (Å²) in [4.78, 5) is 11.6. The molecule has 0 heterocycles. The van der Waals surface area contributed by atoms with Gasteiger partial charge in [-0.05, 0) is 37.5 Å². The summed E-state index contributed by atoms with van der Waals surface area (Å²) in [5.41, 5.74) is 6.75. The summed E-state index contributed by atoms with van der Waals surface area (Å²) in [6, 6.07) is 5.13. The molecule has 5 nitrogen and oxygen atoms in total. The zero-order valence-corrected chi connectivity index (χ0v) is 11.7. The Morgan fingerprint density at radius 3 is 2.74 bits per heavy atom. The lowest BCUT2D eigenvalue weighted by Gasteiger charge is -2.08. The highest BCUT2D eigenvalue weighted by Crippen LogP contribution is 2.22. The average Bonchev–Trinajstić information content (AvgIpc) is 3.14. The molecule has 0 aliphatic heterocycles. The monoisotopic (exact) mass is 282 g/mol.